The van der Waals surface area contributed by atoms with E-state index >= 15 is 0 Å². The Kier molecular flexibility index (Phi) is 4.98. The van der Waals surface area contributed by atoms with Crippen LogP contribution < -0.4 is 4.90 Å². The summed E-state index contributed by atoms with van der Waals surface area (Å²) in [6.45, 7) is 8.07. The van der Waals surface area contributed by atoms with Crippen LogP contribution >= 0.6 is 22.9 Å². The minimum absolute atomic E-state index is 0.110. The molecule has 3 heterocycles. The van der Waals surface area contributed by atoms with Crippen molar-refractivity contribution in [1.29, 1.82) is 0 Å². The van der Waals surface area contributed by atoms with Crippen molar-refractivity contribution in [1.82, 2.24) is 15.1 Å². The van der Waals surface area contributed by atoms with Crippen molar-refractivity contribution in [2.75, 3.05) is 31.1 Å². The standard InChI is InChI=1S/C19H21ClN4OS/c1-13-5-6-15(20)12-16(13)24-9-7-23(8-10-24)14(2)18-21-22-19(25-18)17-4-3-11-26-17/h3-6,11-12,14H,7-10H2,1-2H3/t14-/m0/s1. The highest BCUT2D eigenvalue weighted by molar-refractivity contribution is 7.13. The van der Waals surface area contributed by atoms with Crippen LogP contribution in [0.1, 0.15) is 24.4 Å². The zero-order valence-electron chi connectivity index (χ0n) is 14.9. The van der Waals surface area contributed by atoms with Crippen molar-refractivity contribution < 1.29 is 4.42 Å². The molecule has 1 fully saturated rings. The first-order chi connectivity index (χ1) is 12.6. The lowest BCUT2D eigenvalue weighted by Crippen LogP contribution is -2.47. The van der Waals surface area contributed by atoms with E-state index in [2.05, 4.69) is 46.0 Å². The van der Waals surface area contributed by atoms with Gasteiger partial charge in [-0.1, -0.05) is 23.7 Å². The second-order valence-corrected chi connectivity index (χ2v) is 7.94. The Morgan fingerprint density at radius 2 is 1.96 bits per heavy atom. The molecule has 4 rings (SSSR count). The van der Waals surface area contributed by atoms with E-state index in [9.17, 15) is 0 Å². The molecule has 0 saturated carbocycles. The lowest BCUT2D eigenvalue weighted by Gasteiger charge is -2.38. The Balaban J connectivity index is 1.42. The Labute approximate surface area is 162 Å². The number of aromatic nitrogens is 2. The smallest absolute Gasteiger partial charge is 0.257 e. The van der Waals surface area contributed by atoms with Crippen LogP contribution in [-0.2, 0) is 0 Å². The Bertz CT molecular complexity index is 872. The molecule has 0 aliphatic carbocycles. The van der Waals surface area contributed by atoms with Crippen LogP contribution in [0.3, 0.4) is 0 Å². The zero-order chi connectivity index (χ0) is 18.1. The van der Waals surface area contributed by atoms with E-state index in [0.717, 1.165) is 36.1 Å². The van der Waals surface area contributed by atoms with E-state index in [1.165, 1.54) is 11.3 Å². The van der Waals surface area contributed by atoms with Gasteiger partial charge in [0.25, 0.3) is 5.89 Å². The van der Waals surface area contributed by atoms with Crippen molar-refractivity contribution in [2.24, 2.45) is 0 Å². The topological polar surface area (TPSA) is 45.4 Å². The van der Waals surface area contributed by atoms with Gasteiger partial charge in [0.2, 0.25) is 5.89 Å². The number of rotatable bonds is 4. The molecule has 7 heteroatoms. The van der Waals surface area contributed by atoms with E-state index in [1.54, 1.807) is 11.3 Å². The van der Waals surface area contributed by atoms with Crippen molar-refractivity contribution >= 4 is 28.6 Å². The molecular weight excluding hydrogens is 368 g/mol. The average Bonchev–Trinajstić information content (AvgIpc) is 3.35. The molecule has 1 aliphatic heterocycles. The third-order valence-corrected chi connectivity index (χ3v) is 6.00. The van der Waals surface area contributed by atoms with Gasteiger partial charge in [-0.05, 0) is 43.0 Å². The molecule has 5 nitrogen and oxygen atoms in total. The summed E-state index contributed by atoms with van der Waals surface area (Å²) >= 11 is 7.79. The lowest BCUT2D eigenvalue weighted by molar-refractivity contribution is 0.173. The molecule has 2 aromatic heterocycles. The van der Waals surface area contributed by atoms with Gasteiger partial charge in [0.05, 0.1) is 10.9 Å². The van der Waals surface area contributed by atoms with Crippen LogP contribution in [0.2, 0.25) is 5.02 Å². The minimum atomic E-state index is 0.110. The summed E-state index contributed by atoms with van der Waals surface area (Å²) in [6.07, 6.45) is 0. The summed E-state index contributed by atoms with van der Waals surface area (Å²) in [4.78, 5) is 5.80. The lowest BCUT2D eigenvalue weighted by atomic mass is 10.1. The highest BCUT2D eigenvalue weighted by Gasteiger charge is 2.26. The monoisotopic (exact) mass is 388 g/mol. The molecule has 0 amide bonds. The molecule has 1 aromatic carbocycles. The number of piperazine rings is 1. The Morgan fingerprint density at radius 1 is 1.15 bits per heavy atom. The molecule has 0 spiro atoms. The summed E-state index contributed by atoms with van der Waals surface area (Å²) in [6, 6.07) is 10.2. The first kappa shape index (κ1) is 17.5. The molecule has 3 aromatic rings. The van der Waals surface area contributed by atoms with Crippen LogP contribution in [0, 0.1) is 6.92 Å². The van der Waals surface area contributed by atoms with Crippen LogP contribution in [0.4, 0.5) is 5.69 Å². The minimum Gasteiger partial charge on any atom is -0.418 e. The number of aryl methyl sites for hydroxylation is 1. The summed E-state index contributed by atoms with van der Waals surface area (Å²) in [5.74, 6) is 1.29. The van der Waals surface area contributed by atoms with Gasteiger partial charge < -0.3 is 9.32 Å². The van der Waals surface area contributed by atoms with Gasteiger partial charge in [0.15, 0.2) is 0 Å². The second-order valence-electron chi connectivity index (χ2n) is 6.55. The van der Waals surface area contributed by atoms with E-state index in [-0.39, 0.29) is 6.04 Å². The number of hydrogen-bond donors (Lipinski definition) is 0. The van der Waals surface area contributed by atoms with E-state index < -0.39 is 0 Å². The fourth-order valence-electron chi connectivity index (χ4n) is 3.33. The van der Waals surface area contributed by atoms with Crippen molar-refractivity contribution in [3.05, 3.63) is 52.2 Å². The molecule has 1 atom stereocenters. The molecule has 0 unspecified atom stereocenters. The van der Waals surface area contributed by atoms with Crippen LogP contribution in [0.5, 0.6) is 0 Å². The fraction of sp³-hybridized carbons (Fsp3) is 0.368. The fourth-order valence-corrected chi connectivity index (χ4v) is 4.14. The maximum atomic E-state index is 6.18. The van der Waals surface area contributed by atoms with Gasteiger partial charge in [-0.3, -0.25) is 4.90 Å². The van der Waals surface area contributed by atoms with Crippen LogP contribution in [0.25, 0.3) is 10.8 Å². The number of benzene rings is 1. The summed E-state index contributed by atoms with van der Waals surface area (Å²) in [5.41, 5.74) is 2.48. The van der Waals surface area contributed by atoms with Crippen LogP contribution in [0.15, 0.2) is 40.1 Å². The number of halogens is 1. The maximum Gasteiger partial charge on any atom is 0.257 e. The third kappa shape index (κ3) is 3.49. The van der Waals surface area contributed by atoms with E-state index in [0.29, 0.717) is 11.8 Å². The predicted octanol–water partition coefficient (Wildman–Crippen LogP) is 4.64. The first-order valence-electron chi connectivity index (χ1n) is 8.74. The van der Waals surface area contributed by atoms with Gasteiger partial charge in [-0.2, -0.15) is 0 Å². The summed E-state index contributed by atoms with van der Waals surface area (Å²) in [7, 11) is 0. The average molecular weight is 389 g/mol. The van der Waals surface area contributed by atoms with Crippen molar-refractivity contribution in [3.63, 3.8) is 0 Å². The second kappa shape index (κ2) is 7.39. The molecule has 136 valence electrons. The Morgan fingerprint density at radius 3 is 2.69 bits per heavy atom. The van der Waals surface area contributed by atoms with Crippen LogP contribution in [-0.4, -0.2) is 41.3 Å². The third-order valence-electron chi connectivity index (χ3n) is 4.90. The number of nitrogens with zero attached hydrogens (tertiary/aromatic N) is 4. The van der Waals surface area contributed by atoms with Gasteiger partial charge in [0.1, 0.15) is 0 Å². The van der Waals surface area contributed by atoms with Gasteiger partial charge in [0, 0.05) is 36.9 Å². The highest BCUT2D eigenvalue weighted by atomic mass is 35.5. The molecule has 26 heavy (non-hydrogen) atoms. The normalized spacial score (nSPS) is 16.8. The zero-order valence-corrected chi connectivity index (χ0v) is 16.4. The SMILES string of the molecule is Cc1ccc(Cl)cc1N1CCN([C@@H](C)c2nnc(-c3cccs3)o2)CC1. The van der Waals surface area contributed by atoms with Gasteiger partial charge in [-0.15, -0.1) is 21.5 Å². The first-order valence-corrected chi connectivity index (χ1v) is 10.00. The quantitative estimate of drug-likeness (QED) is 0.651. The molecule has 0 N–H and O–H groups in total. The van der Waals surface area contributed by atoms with Gasteiger partial charge >= 0.3 is 0 Å². The number of hydrogen-bond acceptors (Lipinski definition) is 6. The summed E-state index contributed by atoms with van der Waals surface area (Å²) < 4.78 is 5.90. The van der Waals surface area contributed by atoms with Crippen molar-refractivity contribution in [2.45, 2.75) is 19.9 Å². The molecule has 1 saturated heterocycles. The molecule has 0 radical (unpaired) electrons. The van der Waals surface area contributed by atoms with Gasteiger partial charge in [-0.25, -0.2) is 0 Å². The number of thiophene rings is 1. The maximum absolute atomic E-state index is 6.18. The van der Waals surface area contributed by atoms with Crippen molar-refractivity contribution in [3.8, 4) is 10.8 Å². The number of anilines is 1. The summed E-state index contributed by atoms with van der Waals surface area (Å²) in [5, 5.41) is 11.3. The van der Waals surface area contributed by atoms with E-state index in [1.807, 2.05) is 23.6 Å². The molecular formula is C19H21ClN4OS. The largest absolute Gasteiger partial charge is 0.418 e. The Hall–Kier alpha value is -1.89. The predicted molar refractivity (Wildman–Crippen MR) is 106 cm³/mol. The highest BCUT2D eigenvalue weighted by Crippen LogP contribution is 2.29. The molecule has 1 aliphatic rings. The van der Waals surface area contributed by atoms with E-state index in [4.69, 9.17) is 16.0 Å². The molecule has 0 bridgehead atoms.